The molecule has 0 N–H and O–H groups in total. The van der Waals surface area contributed by atoms with Gasteiger partial charge in [0.25, 0.3) is 5.91 Å². The van der Waals surface area contributed by atoms with Crippen LogP contribution in [0.4, 0.5) is 0 Å². The highest BCUT2D eigenvalue weighted by Crippen LogP contribution is 2.31. The van der Waals surface area contributed by atoms with Crippen molar-refractivity contribution in [1.29, 1.82) is 0 Å². The van der Waals surface area contributed by atoms with E-state index in [1.165, 1.54) is 30.2 Å². The quantitative estimate of drug-likeness (QED) is 0.777. The summed E-state index contributed by atoms with van der Waals surface area (Å²) in [7, 11) is 0. The molecule has 3 nitrogen and oxygen atoms in total. The second-order valence-corrected chi connectivity index (χ2v) is 6.83. The van der Waals surface area contributed by atoms with Crippen LogP contribution in [-0.4, -0.2) is 29.1 Å². The van der Waals surface area contributed by atoms with Crippen LogP contribution >= 0.6 is 11.8 Å². The van der Waals surface area contributed by atoms with Gasteiger partial charge in [0.2, 0.25) is 0 Å². The maximum Gasteiger partial charge on any atom is 0.286 e. The number of benzene rings is 1. The molecule has 0 spiro atoms. The van der Waals surface area contributed by atoms with Crippen molar-refractivity contribution in [3.8, 4) is 0 Å². The van der Waals surface area contributed by atoms with Gasteiger partial charge in [-0.05, 0) is 47.7 Å². The lowest BCUT2D eigenvalue weighted by molar-refractivity contribution is -0.113. The molecule has 3 rings (SSSR count). The number of hydrogen-bond donors (Lipinski definition) is 0. The SMILES string of the molecule is CC(C)c1ccc(/C=C2/SC(N3CCCC3)=NC2=O)cc1. The molecule has 0 unspecified atom stereocenters. The first-order valence-electron chi connectivity index (χ1n) is 7.51. The summed E-state index contributed by atoms with van der Waals surface area (Å²) >= 11 is 1.51. The smallest absolute Gasteiger partial charge is 0.286 e. The van der Waals surface area contributed by atoms with Crippen LogP contribution in [0.5, 0.6) is 0 Å². The number of amidine groups is 1. The van der Waals surface area contributed by atoms with Gasteiger partial charge in [0.1, 0.15) is 0 Å². The van der Waals surface area contributed by atoms with Crippen molar-refractivity contribution in [3.63, 3.8) is 0 Å². The van der Waals surface area contributed by atoms with Gasteiger partial charge >= 0.3 is 0 Å². The van der Waals surface area contributed by atoms with Crippen molar-refractivity contribution < 1.29 is 4.79 Å². The van der Waals surface area contributed by atoms with E-state index < -0.39 is 0 Å². The summed E-state index contributed by atoms with van der Waals surface area (Å²) in [6.45, 7) is 6.41. The van der Waals surface area contributed by atoms with Gasteiger partial charge in [-0.3, -0.25) is 4.79 Å². The maximum atomic E-state index is 12.0. The Labute approximate surface area is 130 Å². The largest absolute Gasteiger partial charge is 0.351 e. The number of aliphatic imine (C=N–C) groups is 1. The van der Waals surface area contributed by atoms with Crippen molar-refractivity contribution in [1.82, 2.24) is 4.90 Å². The van der Waals surface area contributed by atoms with Gasteiger partial charge in [-0.2, -0.15) is 4.99 Å². The Morgan fingerprint density at radius 3 is 2.48 bits per heavy atom. The van der Waals surface area contributed by atoms with Gasteiger partial charge in [-0.25, -0.2) is 0 Å². The Morgan fingerprint density at radius 2 is 1.86 bits per heavy atom. The van der Waals surface area contributed by atoms with Crippen molar-refractivity contribution in [2.24, 2.45) is 4.99 Å². The molecule has 0 aliphatic carbocycles. The Morgan fingerprint density at radius 1 is 1.19 bits per heavy atom. The summed E-state index contributed by atoms with van der Waals surface area (Å²) in [4.78, 5) is 19.2. The second kappa shape index (κ2) is 6.06. The summed E-state index contributed by atoms with van der Waals surface area (Å²) < 4.78 is 0. The van der Waals surface area contributed by atoms with Crippen molar-refractivity contribution >= 4 is 28.9 Å². The van der Waals surface area contributed by atoms with Crippen LogP contribution in [0.15, 0.2) is 34.2 Å². The minimum absolute atomic E-state index is 0.102. The molecular weight excluding hydrogens is 280 g/mol. The lowest BCUT2D eigenvalue weighted by atomic mass is 10.0. The minimum Gasteiger partial charge on any atom is -0.351 e. The van der Waals surface area contributed by atoms with Crippen molar-refractivity contribution in [2.45, 2.75) is 32.6 Å². The molecule has 4 heteroatoms. The third-order valence-electron chi connectivity index (χ3n) is 3.89. The van der Waals surface area contributed by atoms with E-state index in [0.29, 0.717) is 5.92 Å². The molecule has 2 aliphatic heterocycles. The van der Waals surface area contributed by atoms with Gasteiger partial charge in [0.15, 0.2) is 5.17 Å². The summed E-state index contributed by atoms with van der Waals surface area (Å²) in [5, 5.41) is 0.877. The Balaban J connectivity index is 1.74. The highest BCUT2D eigenvalue weighted by molar-refractivity contribution is 8.18. The molecular formula is C17H20N2OS. The molecule has 0 bridgehead atoms. The second-order valence-electron chi connectivity index (χ2n) is 5.83. The molecule has 1 aromatic carbocycles. The summed E-state index contributed by atoms with van der Waals surface area (Å²) in [5.74, 6) is 0.425. The molecule has 0 radical (unpaired) electrons. The highest BCUT2D eigenvalue weighted by atomic mass is 32.2. The van der Waals surface area contributed by atoms with E-state index in [9.17, 15) is 4.79 Å². The zero-order chi connectivity index (χ0) is 14.8. The molecule has 1 saturated heterocycles. The van der Waals surface area contributed by atoms with Crippen molar-refractivity contribution in [3.05, 3.63) is 40.3 Å². The zero-order valence-corrected chi connectivity index (χ0v) is 13.3. The fourth-order valence-electron chi connectivity index (χ4n) is 2.57. The molecule has 0 aromatic heterocycles. The third kappa shape index (κ3) is 3.21. The number of nitrogens with zero attached hydrogens (tertiary/aromatic N) is 2. The molecule has 1 amide bonds. The number of thioether (sulfide) groups is 1. The zero-order valence-electron chi connectivity index (χ0n) is 12.5. The fourth-order valence-corrected chi connectivity index (χ4v) is 3.54. The average molecular weight is 300 g/mol. The number of likely N-dealkylation sites (tertiary alicyclic amines) is 1. The van der Waals surface area contributed by atoms with Crippen LogP contribution in [0.25, 0.3) is 6.08 Å². The summed E-state index contributed by atoms with van der Waals surface area (Å²) in [6.07, 6.45) is 4.34. The Bertz CT molecular complexity index is 596. The molecule has 0 saturated carbocycles. The van der Waals surface area contributed by atoms with Gasteiger partial charge in [-0.15, -0.1) is 0 Å². The van der Waals surface area contributed by atoms with E-state index >= 15 is 0 Å². The molecule has 0 atom stereocenters. The monoisotopic (exact) mass is 300 g/mol. The predicted octanol–water partition coefficient (Wildman–Crippen LogP) is 3.88. The summed E-state index contributed by atoms with van der Waals surface area (Å²) in [6, 6.07) is 8.40. The summed E-state index contributed by atoms with van der Waals surface area (Å²) in [5.41, 5.74) is 2.38. The lowest BCUT2D eigenvalue weighted by Crippen LogP contribution is -2.23. The van der Waals surface area contributed by atoms with E-state index in [-0.39, 0.29) is 5.91 Å². The lowest BCUT2D eigenvalue weighted by Gasteiger charge is -2.14. The number of amides is 1. The van der Waals surface area contributed by atoms with E-state index in [2.05, 4.69) is 48.0 Å². The highest BCUT2D eigenvalue weighted by Gasteiger charge is 2.27. The molecule has 110 valence electrons. The third-order valence-corrected chi connectivity index (χ3v) is 4.93. The minimum atomic E-state index is -0.102. The number of carbonyl (C=O) groups is 1. The van der Waals surface area contributed by atoms with Crippen LogP contribution in [0, 0.1) is 0 Å². The van der Waals surface area contributed by atoms with Crippen LogP contribution in [-0.2, 0) is 4.79 Å². The van der Waals surface area contributed by atoms with Crippen molar-refractivity contribution in [2.75, 3.05) is 13.1 Å². The van der Waals surface area contributed by atoms with Crippen LogP contribution < -0.4 is 0 Å². The van der Waals surface area contributed by atoms with Gasteiger partial charge in [0, 0.05) is 13.1 Å². The van der Waals surface area contributed by atoms with Gasteiger partial charge in [-0.1, -0.05) is 38.1 Å². The van der Waals surface area contributed by atoms with Crippen LogP contribution in [0.1, 0.15) is 43.7 Å². The number of rotatable bonds is 2. The number of carbonyl (C=O) groups excluding carboxylic acids is 1. The van der Waals surface area contributed by atoms with E-state index in [1.54, 1.807) is 0 Å². The fraction of sp³-hybridized carbons (Fsp3) is 0.412. The topological polar surface area (TPSA) is 32.7 Å². The molecule has 1 fully saturated rings. The van der Waals surface area contributed by atoms with E-state index in [0.717, 1.165) is 28.7 Å². The first-order valence-corrected chi connectivity index (χ1v) is 8.32. The number of hydrogen-bond acceptors (Lipinski definition) is 3. The first kappa shape index (κ1) is 14.4. The standard InChI is InChI=1S/C17H20N2OS/c1-12(2)14-7-5-13(6-8-14)11-15-16(20)18-17(21-15)19-9-3-4-10-19/h5-8,11-12H,3-4,9-10H2,1-2H3/b15-11+. The normalized spacial score (nSPS) is 20.7. The first-order chi connectivity index (χ1) is 10.1. The molecule has 2 heterocycles. The predicted molar refractivity (Wildman–Crippen MR) is 89.3 cm³/mol. The molecule has 2 aliphatic rings. The van der Waals surface area contributed by atoms with Gasteiger partial charge in [0.05, 0.1) is 4.91 Å². The molecule has 21 heavy (non-hydrogen) atoms. The average Bonchev–Trinajstić information content (AvgIpc) is 3.10. The van der Waals surface area contributed by atoms with E-state index in [4.69, 9.17) is 0 Å². The Hall–Kier alpha value is -1.55. The van der Waals surface area contributed by atoms with Crippen LogP contribution in [0.2, 0.25) is 0 Å². The van der Waals surface area contributed by atoms with E-state index in [1.807, 2.05) is 6.08 Å². The molecule has 1 aromatic rings. The van der Waals surface area contributed by atoms with Crippen LogP contribution in [0.3, 0.4) is 0 Å². The van der Waals surface area contributed by atoms with Gasteiger partial charge < -0.3 is 4.90 Å². The maximum absolute atomic E-state index is 12.0. The Kier molecular flexibility index (Phi) is 4.15.